The molecule has 0 saturated heterocycles. The number of carbonyl (C=O) groups excluding carboxylic acids is 3. The number of halogens is 2. The number of anilines is 1. The number of thiophene rings is 1. The summed E-state index contributed by atoms with van der Waals surface area (Å²) in [5.74, 6) is -1.17. The highest BCUT2D eigenvalue weighted by Gasteiger charge is 2.13. The van der Waals surface area contributed by atoms with Gasteiger partial charge in [-0.2, -0.15) is 0 Å². The zero-order chi connectivity index (χ0) is 17.7. The van der Waals surface area contributed by atoms with Crippen LogP contribution in [-0.4, -0.2) is 31.4 Å². The van der Waals surface area contributed by atoms with Gasteiger partial charge in [0.25, 0.3) is 11.8 Å². The molecule has 2 aromatic rings. The second kappa shape index (κ2) is 8.41. The summed E-state index contributed by atoms with van der Waals surface area (Å²) in [5, 5.41) is 5.18. The van der Waals surface area contributed by atoms with Crippen molar-refractivity contribution in [1.29, 1.82) is 0 Å². The number of benzene rings is 1. The van der Waals surface area contributed by atoms with Gasteiger partial charge < -0.3 is 15.4 Å². The summed E-state index contributed by atoms with van der Waals surface area (Å²) in [7, 11) is 1.25. The molecule has 0 aliphatic rings. The van der Waals surface area contributed by atoms with E-state index in [9.17, 15) is 14.4 Å². The Bertz CT molecular complexity index is 755. The quantitative estimate of drug-likeness (QED) is 0.649. The monoisotopic (exact) mass is 474 g/mol. The number of carbonyl (C=O) groups is 3. The SMILES string of the molecule is COC(=O)CNC(=O)c1ccc(NC(=O)c2cc(Br)c(Br)s2)cc1. The average molecular weight is 476 g/mol. The first kappa shape index (κ1) is 18.6. The Labute approximate surface area is 158 Å². The van der Waals surface area contributed by atoms with Gasteiger partial charge in [0, 0.05) is 15.7 Å². The number of rotatable bonds is 5. The van der Waals surface area contributed by atoms with Crippen molar-refractivity contribution < 1.29 is 19.1 Å². The molecule has 1 heterocycles. The summed E-state index contributed by atoms with van der Waals surface area (Å²) in [4.78, 5) is 35.5. The third-order valence-corrected chi connectivity index (χ3v) is 6.15. The number of amides is 2. The van der Waals surface area contributed by atoms with Crippen LogP contribution in [0.25, 0.3) is 0 Å². The van der Waals surface area contributed by atoms with E-state index < -0.39 is 11.9 Å². The maximum atomic E-state index is 12.1. The molecule has 0 aliphatic carbocycles. The molecule has 2 rings (SSSR count). The smallest absolute Gasteiger partial charge is 0.325 e. The van der Waals surface area contributed by atoms with Crippen LogP contribution >= 0.6 is 43.2 Å². The molecule has 0 bridgehead atoms. The Morgan fingerprint density at radius 2 is 1.79 bits per heavy atom. The lowest BCUT2D eigenvalue weighted by molar-refractivity contribution is -0.139. The number of nitrogens with one attached hydrogen (secondary N) is 2. The second-order valence-electron chi connectivity index (χ2n) is 4.52. The highest BCUT2D eigenvalue weighted by Crippen LogP contribution is 2.32. The van der Waals surface area contributed by atoms with Gasteiger partial charge in [-0.3, -0.25) is 14.4 Å². The first-order valence-corrected chi connectivity index (χ1v) is 9.02. The topological polar surface area (TPSA) is 84.5 Å². The largest absolute Gasteiger partial charge is 0.468 e. The summed E-state index contributed by atoms with van der Waals surface area (Å²) in [6.45, 7) is -0.198. The van der Waals surface area contributed by atoms with E-state index in [0.717, 1.165) is 8.26 Å². The molecule has 0 atom stereocenters. The molecule has 0 spiro atoms. The van der Waals surface area contributed by atoms with Gasteiger partial charge in [0.15, 0.2) is 0 Å². The minimum Gasteiger partial charge on any atom is -0.468 e. The number of methoxy groups -OCH3 is 1. The van der Waals surface area contributed by atoms with Crippen LogP contribution in [0.4, 0.5) is 5.69 Å². The van der Waals surface area contributed by atoms with Gasteiger partial charge in [0.2, 0.25) is 0 Å². The Morgan fingerprint density at radius 3 is 2.33 bits per heavy atom. The van der Waals surface area contributed by atoms with Crippen LogP contribution in [0.2, 0.25) is 0 Å². The van der Waals surface area contributed by atoms with Crippen LogP contribution in [0.15, 0.2) is 38.6 Å². The van der Waals surface area contributed by atoms with Crippen molar-refractivity contribution >= 4 is 66.7 Å². The van der Waals surface area contributed by atoms with Crippen LogP contribution in [0.5, 0.6) is 0 Å². The van der Waals surface area contributed by atoms with Crippen LogP contribution in [0.1, 0.15) is 20.0 Å². The number of esters is 1. The van der Waals surface area contributed by atoms with E-state index in [1.807, 2.05) is 0 Å². The van der Waals surface area contributed by atoms with Crippen molar-refractivity contribution in [3.05, 3.63) is 49.0 Å². The lowest BCUT2D eigenvalue weighted by Crippen LogP contribution is -2.30. The summed E-state index contributed by atoms with van der Waals surface area (Å²) in [6, 6.07) is 8.06. The maximum Gasteiger partial charge on any atom is 0.325 e. The molecule has 24 heavy (non-hydrogen) atoms. The van der Waals surface area contributed by atoms with Crippen molar-refractivity contribution in [2.75, 3.05) is 19.0 Å². The highest BCUT2D eigenvalue weighted by atomic mass is 79.9. The fraction of sp³-hybridized carbons (Fsp3) is 0.133. The first-order chi connectivity index (χ1) is 11.4. The molecular formula is C15H12Br2N2O4S. The number of hydrogen-bond acceptors (Lipinski definition) is 5. The molecule has 1 aromatic heterocycles. The molecule has 0 saturated carbocycles. The summed E-state index contributed by atoms with van der Waals surface area (Å²) < 4.78 is 6.10. The highest BCUT2D eigenvalue weighted by molar-refractivity contribution is 9.13. The van der Waals surface area contributed by atoms with Crippen LogP contribution in [0.3, 0.4) is 0 Å². The molecule has 0 radical (unpaired) electrons. The van der Waals surface area contributed by atoms with Gasteiger partial charge >= 0.3 is 5.97 Å². The van der Waals surface area contributed by atoms with E-state index in [-0.39, 0.29) is 12.5 Å². The molecule has 2 N–H and O–H groups in total. The van der Waals surface area contributed by atoms with Gasteiger partial charge in [0.1, 0.15) is 6.54 Å². The molecule has 6 nitrogen and oxygen atoms in total. The van der Waals surface area contributed by atoms with E-state index >= 15 is 0 Å². The maximum absolute atomic E-state index is 12.1. The van der Waals surface area contributed by atoms with Crippen LogP contribution in [0, 0.1) is 0 Å². The van der Waals surface area contributed by atoms with Gasteiger partial charge in [-0.15, -0.1) is 11.3 Å². The molecule has 0 aliphatic heterocycles. The Kier molecular flexibility index (Phi) is 6.52. The molecule has 0 fully saturated rings. The molecule has 126 valence electrons. The normalized spacial score (nSPS) is 10.1. The number of ether oxygens (including phenoxy) is 1. The summed E-state index contributed by atoms with van der Waals surface area (Å²) in [5.41, 5.74) is 0.934. The Morgan fingerprint density at radius 1 is 1.12 bits per heavy atom. The zero-order valence-electron chi connectivity index (χ0n) is 12.4. The average Bonchev–Trinajstić information content (AvgIpc) is 2.92. The van der Waals surface area contributed by atoms with E-state index in [4.69, 9.17) is 0 Å². The minimum atomic E-state index is -0.527. The molecule has 2 amide bonds. The fourth-order valence-electron chi connectivity index (χ4n) is 1.68. The minimum absolute atomic E-state index is 0.198. The lowest BCUT2D eigenvalue weighted by Gasteiger charge is -2.06. The third-order valence-electron chi connectivity index (χ3n) is 2.89. The number of hydrogen-bond donors (Lipinski definition) is 2. The third kappa shape index (κ3) is 4.89. The van der Waals surface area contributed by atoms with Gasteiger partial charge in [-0.05, 0) is 62.2 Å². The van der Waals surface area contributed by atoms with E-state index in [2.05, 4.69) is 47.2 Å². The Balaban J connectivity index is 1.97. The lowest BCUT2D eigenvalue weighted by atomic mass is 10.2. The van der Waals surface area contributed by atoms with Crippen molar-refractivity contribution in [3.8, 4) is 0 Å². The van der Waals surface area contributed by atoms with Gasteiger partial charge in [0.05, 0.1) is 15.8 Å². The van der Waals surface area contributed by atoms with Gasteiger partial charge in [-0.1, -0.05) is 0 Å². The first-order valence-electron chi connectivity index (χ1n) is 6.62. The van der Waals surface area contributed by atoms with Crippen molar-refractivity contribution in [1.82, 2.24) is 5.32 Å². The summed E-state index contributed by atoms with van der Waals surface area (Å²) >= 11 is 7.98. The van der Waals surface area contributed by atoms with Crippen molar-refractivity contribution in [2.45, 2.75) is 0 Å². The van der Waals surface area contributed by atoms with Crippen molar-refractivity contribution in [3.63, 3.8) is 0 Å². The van der Waals surface area contributed by atoms with E-state index in [0.29, 0.717) is 16.1 Å². The predicted octanol–water partition coefficient (Wildman–Crippen LogP) is 3.43. The molecule has 9 heteroatoms. The van der Waals surface area contributed by atoms with E-state index in [1.165, 1.54) is 18.4 Å². The molecular weight excluding hydrogens is 464 g/mol. The molecule has 1 aromatic carbocycles. The molecule has 0 unspecified atom stereocenters. The van der Waals surface area contributed by atoms with Crippen molar-refractivity contribution in [2.24, 2.45) is 0 Å². The Hall–Kier alpha value is -1.71. The second-order valence-corrected chi connectivity index (χ2v) is 7.75. The van der Waals surface area contributed by atoms with Gasteiger partial charge in [-0.25, -0.2) is 0 Å². The van der Waals surface area contributed by atoms with E-state index in [1.54, 1.807) is 30.3 Å². The van der Waals surface area contributed by atoms with Crippen LogP contribution in [-0.2, 0) is 9.53 Å². The summed E-state index contributed by atoms with van der Waals surface area (Å²) in [6.07, 6.45) is 0. The fourth-order valence-corrected chi connectivity index (χ4v) is 3.61. The predicted molar refractivity (Wildman–Crippen MR) is 98.5 cm³/mol. The zero-order valence-corrected chi connectivity index (χ0v) is 16.4. The standard InChI is InChI=1S/C15H12Br2N2O4S/c1-23-12(20)7-18-14(21)8-2-4-9(5-3-8)19-15(22)11-6-10(16)13(17)24-11/h2-6H,7H2,1H3,(H,18,21)(H,19,22). The van der Waals surface area contributed by atoms with Crippen LogP contribution < -0.4 is 10.6 Å².